The molecule has 0 saturated heterocycles. The third-order valence-electron chi connectivity index (χ3n) is 5.82. The van der Waals surface area contributed by atoms with Crippen molar-refractivity contribution in [3.63, 3.8) is 0 Å². The molecule has 200 valence electrons. The van der Waals surface area contributed by atoms with Gasteiger partial charge in [-0.15, -0.1) is 0 Å². The molecule has 0 radical (unpaired) electrons. The van der Waals surface area contributed by atoms with Crippen LogP contribution in [0.15, 0.2) is 0 Å². The SMILES string of the molecule is CCCCCCCC[O][Sn]([CH2]C(F)C(F)CF)([CH2]C(F)C(F)CF)[O]CCCCCCCC. The summed E-state index contributed by atoms with van der Waals surface area (Å²) >= 11 is -4.73. The molecule has 0 aliphatic rings. The molecule has 4 unspecified atom stereocenters. The van der Waals surface area contributed by atoms with Crippen molar-refractivity contribution in [3.05, 3.63) is 0 Å². The van der Waals surface area contributed by atoms with Gasteiger partial charge in [0, 0.05) is 0 Å². The predicted molar refractivity (Wildman–Crippen MR) is 126 cm³/mol. The summed E-state index contributed by atoms with van der Waals surface area (Å²) in [7, 11) is 0. The Hall–Kier alpha value is 0.299. The second kappa shape index (κ2) is 21.6. The van der Waals surface area contributed by atoms with Crippen LogP contribution in [0.2, 0.25) is 8.87 Å². The molecule has 0 bridgehead atoms. The van der Waals surface area contributed by atoms with Gasteiger partial charge < -0.3 is 0 Å². The third kappa shape index (κ3) is 16.6. The number of halogens is 6. The van der Waals surface area contributed by atoms with E-state index in [1.807, 2.05) is 0 Å². The summed E-state index contributed by atoms with van der Waals surface area (Å²) in [5, 5.41) is 0. The van der Waals surface area contributed by atoms with Crippen LogP contribution in [0.4, 0.5) is 26.3 Å². The van der Waals surface area contributed by atoms with E-state index in [0.29, 0.717) is 12.8 Å². The van der Waals surface area contributed by atoms with Gasteiger partial charge >= 0.3 is 203 Å². The van der Waals surface area contributed by atoms with E-state index in [-0.39, 0.29) is 13.2 Å². The second-order valence-corrected chi connectivity index (χ2v) is 18.1. The Morgan fingerprint density at radius 1 is 0.515 bits per heavy atom. The van der Waals surface area contributed by atoms with Gasteiger partial charge in [-0.2, -0.15) is 0 Å². The quantitative estimate of drug-likeness (QED) is 0.0630. The standard InChI is InChI=1S/2C8H17O.2C4H6F3.Sn/c2*1-2-3-4-5-6-7-8-9;2*1-3(6)4(7)2-5;/h2*2-8H2,1H3;2*3-4H,1-2H2;/q2*-1;;;+2. The molecule has 0 aromatic heterocycles. The summed E-state index contributed by atoms with van der Waals surface area (Å²) in [6.07, 6.45) is 2.48. The van der Waals surface area contributed by atoms with Crippen molar-refractivity contribution in [1.82, 2.24) is 0 Å². The van der Waals surface area contributed by atoms with Crippen molar-refractivity contribution in [2.24, 2.45) is 0 Å². The average molecular weight is 599 g/mol. The first kappa shape index (κ1) is 33.3. The number of hydrogen-bond donors (Lipinski definition) is 0. The van der Waals surface area contributed by atoms with Crippen molar-refractivity contribution in [2.75, 3.05) is 26.6 Å². The Labute approximate surface area is 202 Å². The number of hydrogen-bond acceptors (Lipinski definition) is 2. The molecule has 9 heteroatoms. The average Bonchev–Trinajstić information content (AvgIpc) is 2.81. The van der Waals surface area contributed by atoms with Crippen LogP contribution in [0.3, 0.4) is 0 Å². The van der Waals surface area contributed by atoms with E-state index in [1.54, 1.807) is 0 Å². The molecule has 0 N–H and O–H groups in total. The Morgan fingerprint density at radius 3 is 1.18 bits per heavy atom. The molecule has 33 heavy (non-hydrogen) atoms. The molecule has 0 aliphatic heterocycles. The first-order chi connectivity index (χ1) is 15.9. The molecular formula is C24H46F6O2Sn. The van der Waals surface area contributed by atoms with Crippen LogP contribution >= 0.6 is 0 Å². The van der Waals surface area contributed by atoms with Gasteiger partial charge in [0.25, 0.3) is 0 Å². The van der Waals surface area contributed by atoms with Crippen molar-refractivity contribution in [2.45, 2.75) is 124 Å². The number of alkyl halides is 6. The Morgan fingerprint density at radius 2 is 0.848 bits per heavy atom. The van der Waals surface area contributed by atoms with E-state index in [4.69, 9.17) is 6.15 Å². The zero-order valence-corrected chi connectivity index (χ0v) is 23.5. The van der Waals surface area contributed by atoms with Gasteiger partial charge in [-0.3, -0.25) is 0 Å². The van der Waals surface area contributed by atoms with Crippen molar-refractivity contribution < 1.29 is 32.5 Å². The maximum absolute atomic E-state index is 14.4. The van der Waals surface area contributed by atoms with Gasteiger partial charge in [0.15, 0.2) is 0 Å². The van der Waals surface area contributed by atoms with E-state index in [1.165, 1.54) is 0 Å². The minimum absolute atomic E-state index is 0.178. The van der Waals surface area contributed by atoms with Crippen LogP contribution in [0.25, 0.3) is 0 Å². The van der Waals surface area contributed by atoms with Gasteiger partial charge in [-0.1, -0.05) is 0 Å². The molecule has 2 nitrogen and oxygen atoms in total. The summed E-state index contributed by atoms with van der Waals surface area (Å²) in [4.78, 5) is 0. The molecule has 0 aromatic rings. The van der Waals surface area contributed by atoms with Crippen molar-refractivity contribution >= 4 is 19.2 Å². The fourth-order valence-electron chi connectivity index (χ4n) is 3.69. The molecule has 0 aliphatic carbocycles. The Balaban J connectivity index is 5.15. The molecule has 0 heterocycles. The first-order valence-electron chi connectivity index (χ1n) is 12.8. The number of unbranched alkanes of at least 4 members (excludes halogenated alkanes) is 10. The van der Waals surface area contributed by atoms with Crippen LogP contribution in [0.1, 0.15) is 90.9 Å². The van der Waals surface area contributed by atoms with Gasteiger partial charge in [0.2, 0.25) is 0 Å². The molecule has 0 saturated carbocycles. The van der Waals surface area contributed by atoms with Gasteiger partial charge in [-0.05, 0) is 0 Å². The van der Waals surface area contributed by atoms with Gasteiger partial charge in [-0.25, -0.2) is 0 Å². The summed E-state index contributed by atoms with van der Waals surface area (Å²) < 4.78 is 92.4. The van der Waals surface area contributed by atoms with Crippen LogP contribution in [0.5, 0.6) is 0 Å². The molecule has 0 amide bonds. The molecule has 0 fully saturated rings. The van der Waals surface area contributed by atoms with E-state index in [0.717, 1.165) is 64.2 Å². The first-order valence-corrected chi connectivity index (χ1v) is 19.2. The number of rotatable bonds is 24. The predicted octanol–water partition coefficient (Wildman–Crippen LogP) is 8.47. The maximum atomic E-state index is 14.4. The Kier molecular flexibility index (Phi) is 21.8. The van der Waals surface area contributed by atoms with Gasteiger partial charge in [0.05, 0.1) is 0 Å². The zero-order valence-electron chi connectivity index (χ0n) is 20.6. The van der Waals surface area contributed by atoms with Crippen LogP contribution in [-0.4, -0.2) is 70.5 Å². The molecule has 0 spiro atoms. The fraction of sp³-hybridized carbons (Fsp3) is 1.00. The van der Waals surface area contributed by atoms with Crippen LogP contribution in [-0.2, 0) is 6.15 Å². The summed E-state index contributed by atoms with van der Waals surface area (Å²) in [5.74, 6) is 0. The zero-order chi connectivity index (χ0) is 25.0. The molecule has 0 aromatic carbocycles. The molecule has 0 rings (SSSR count). The summed E-state index contributed by atoms with van der Waals surface area (Å²) in [6.45, 7) is 1.56. The summed E-state index contributed by atoms with van der Waals surface area (Å²) in [6, 6.07) is 0. The van der Waals surface area contributed by atoms with Crippen molar-refractivity contribution in [1.29, 1.82) is 0 Å². The molecule has 4 atom stereocenters. The van der Waals surface area contributed by atoms with Crippen LogP contribution in [0, 0.1) is 0 Å². The third-order valence-corrected chi connectivity index (χ3v) is 15.8. The van der Waals surface area contributed by atoms with E-state index in [9.17, 15) is 26.3 Å². The van der Waals surface area contributed by atoms with E-state index in [2.05, 4.69) is 13.8 Å². The second-order valence-electron chi connectivity index (χ2n) is 8.92. The minimum atomic E-state index is -4.73. The van der Waals surface area contributed by atoms with E-state index >= 15 is 0 Å². The normalized spacial score (nSPS) is 16.0. The summed E-state index contributed by atoms with van der Waals surface area (Å²) in [5.41, 5.74) is 0. The van der Waals surface area contributed by atoms with Crippen LogP contribution < -0.4 is 0 Å². The molecular weight excluding hydrogens is 553 g/mol. The monoisotopic (exact) mass is 600 g/mol. The Bertz CT molecular complexity index is 398. The fourth-order valence-corrected chi connectivity index (χ4v) is 13.5. The van der Waals surface area contributed by atoms with Crippen molar-refractivity contribution in [3.8, 4) is 0 Å². The topological polar surface area (TPSA) is 18.5 Å². The van der Waals surface area contributed by atoms with Gasteiger partial charge in [0.1, 0.15) is 0 Å². The van der Waals surface area contributed by atoms with E-state index < -0.39 is 66.1 Å².